The minimum Gasteiger partial charge on any atom is -0.320 e. The van der Waals surface area contributed by atoms with Crippen molar-refractivity contribution in [3.05, 3.63) is 74.8 Å². The van der Waals surface area contributed by atoms with Crippen LogP contribution in [0.2, 0.25) is 5.02 Å². The lowest BCUT2D eigenvalue weighted by Crippen LogP contribution is -2.35. The maximum Gasteiger partial charge on any atom is 0.431 e. The molecule has 0 aliphatic carbocycles. The molecule has 138 valence electrons. The summed E-state index contributed by atoms with van der Waals surface area (Å²) in [6.07, 6.45) is -3.64. The molecule has 3 aromatic rings. The largest absolute Gasteiger partial charge is 0.431 e. The van der Waals surface area contributed by atoms with Crippen molar-refractivity contribution in [3.63, 3.8) is 0 Å². The van der Waals surface area contributed by atoms with Crippen LogP contribution in [0.4, 0.5) is 19.1 Å². The number of carbonyl (C=O) groups excluding carboxylic acids is 1. The van der Waals surface area contributed by atoms with E-state index in [9.17, 15) is 18.0 Å². The van der Waals surface area contributed by atoms with Gasteiger partial charge in [0, 0.05) is 5.02 Å². The molecule has 0 amide bonds. The Bertz CT molecular complexity index is 1030. The van der Waals surface area contributed by atoms with E-state index in [2.05, 4.69) is 15.4 Å². The zero-order valence-electron chi connectivity index (χ0n) is 13.4. The fourth-order valence-electron chi connectivity index (χ4n) is 2.92. The van der Waals surface area contributed by atoms with Crippen LogP contribution in [0.3, 0.4) is 0 Å². The predicted octanol–water partition coefficient (Wildman–Crippen LogP) is 4.71. The number of aromatic nitrogens is 3. The number of hydrogen-bond acceptors (Lipinski definition) is 5. The molecule has 1 aliphatic heterocycles. The number of alkyl halides is 3. The number of fused-ring (bicyclic) bond motifs is 1. The number of nitrogens with one attached hydrogen (secondary N) is 1. The Morgan fingerprint density at radius 2 is 1.96 bits per heavy atom. The molecule has 0 bridgehead atoms. The fraction of sp³-hybridized carbons (Fsp3) is 0.118. The number of hydrogen-bond donors (Lipinski definition) is 1. The molecule has 0 fully saturated rings. The van der Waals surface area contributed by atoms with Crippen molar-refractivity contribution >= 4 is 34.7 Å². The van der Waals surface area contributed by atoms with Gasteiger partial charge in [-0.15, -0.1) is 11.3 Å². The third kappa shape index (κ3) is 3.13. The summed E-state index contributed by atoms with van der Waals surface area (Å²) in [5.41, 5.74) is -1.14. The summed E-state index contributed by atoms with van der Waals surface area (Å²) in [6.45, 7) is 0. The summed E-state index contributed by atoms with van der Waals surface area (Å²) in [7, 11) is 0. The van der Waals surface area contributed by atoms with E-state index in [-0.39, 0.29) is 10.8 Å². The first kappa shape index (κ1) is 17.7. The van der Waals surface area contributed by atoms with Crippen molar-refractivity contribution < 1.29 is 18.0 Å². The lowest BCUT2D eigenvalue weighted by molar-refractivity contribution is -0.0918. The molecule has 27 heavy (non-hydrogen) atoms. The third-order valence-electron chi connectivity index (χ3n) is 4.06. The van der Waals surface area contributed by atoms with Crippen molar-refractivity contribution in [1.29, 1.82) is 0 Å². The van der Waals surface area contributed by atoms with Gasteiger partial charge in [0.15, 0.2) is 0 Å². The second kappa shape index (κ2) is 6.50. The SMILES string of the molecule is O=C(C1=C(C(F)(F)F)Nc2ncnn2C1c1ccc(Cl)cc1)c1cccs1. The summed E-state index contributed by atoms with van der Waals surface area (Å²) in [6, 6.07) is 8.25. The quantitative estimate of drug-likeness (QED) is 0.635. The second-order valence-corrected chi connectivity index (χ2v) is 7.08. The average molecular weight is 411 g/mol. The summed E-state index contributed by atoms with van der Waals surface area (Å²) in [5, 5.41) is 8.31. The van der Waals surface area contributed by atoms with Crippen molar-refractivity contribution in [2.75, 3.05) is 5.32 Å². The topological polar surface area (TPSA) is 59.8 Å². The molecule has 0 saturated carbocycles. The number of allylic oxidation sites excluding steroid dienone is 2. The highest BCUT2D eigenvalue weighted by atomic mass is 35.5. The smallest absolute Gasteiger partial charge is 0.320 e. The Hall–Kier alpha value is -2.65. The van der Waals surface area contributed by atoms with E-state index in [4.69, 9.17) is 11.6 Å². The molecule has 0 spiro atoms. The standard InChI is InChI=1S/C17H10ClF3N4OS/c18-10-5-3-9(4-6-10)13-12(14(26)11-2-1-7-27-11)15(17(19,20)21)24-16-22-8-23-25(13)16/h1-8,13H,(H,22,23,24). The highest BCUT2D eigenvalue weighted by Gasteiger charge is 2.46. The van der Waals surface area contributed by atoms with Crippen LogP contribution in [0.15, 0.2) is 59.4 Å². The number of Topliss-reactive ketones (excluding diaryl/α,β-unsaturated/α-hetero) is 1. The Morgan fingerprint density at radius 1 is 1.22 bits per heavy atom. The van der Waals surface area contributed by atoms with Crippen LogP contribution >= 0.6 is 22.9 Å². The third-order valence-corrected chi connectivity index (χ3v) is 5.18. The van der Waals surface area contributed by atoms with Gasteiger partial charge >= 0.3 is 6.18 Å². The van der Waals surface area contributed by atoms with Crippen molar-refractivity contribution in [2.45, 2.75) is 12.2 Å². The predicted molar refractivity (Wildman–Crippen MR) is 95.0 cm³/mol. The van der Waals surface area contributed by atoms with E-state index in [1.165, 1.54) is 10.7 Å². The molecule has 1 aromatic carbocycles. The molecule has 1 atom stereocenters. The maximum atomic E-state index is 13.8. The van der Waals surface area contributed by atoms with Gasteiger partial charge in [-0.25, -0.2) is 4.68 Å². The minimum atomic E-state index is -4.77. The lowest BCUT2D eigenvalue weighted by Gasteiger charge is -2.30. The van der Waals surface area contributed by atoms with Crippen LogP contribution in [0.1, 0.15) is 21.3 Å². The number of benzene rings is 1. The van der Waals surface area contributed by atoms with E-state index < -0.39 is 29.3 Å². The number of thiophene rings is 1. The van der Waals surface area contributed by atoms with Crippen LogP contribution in [-0.2, 0) is 0 Å². The van der Waals surface area contributed by atoms with Gasteiger partial charge in [-0.1, -0.05) is 29.8 Å². The monoisotopic (exact) mass is 410 g/mol. The highest BCUT2D eigenvalue weighted by Crippen LogP contribution is 2.42. The molecule has 0 saturated heterocycles. The number of anilines is 1. The molecular weight excluding hydrogens is 401 g/mol. The average Bonchev–Trinajstić information content (AvgIpc) is 3.31. The van der Waals surface area contributed by atoms with Gasteiger partial charge in [-0.3, -0.25) is 4.79 Å². The number of nitrogens with zero attached hydrogens (tertiary/aromatic N) is 3. The van der Waals surface area contributed by atoms with E-state index in [0.29, 0.717) is 10.6 Å². The van der Waals surface area contributed by atoms with Gasteiger partial charge < -0.3 is 5.32 Å². The lowest BCUT2D eigenvalue weighted by atomic mass is 9.91. The van der Waals surface area contributed by atoms with Crippen molar-refractivity contribution in [1.82, 2.24) is 14.8 Å². The van der Waals surface area contributed by atoms with E-state index in [1.807, 2.05) is 0 Å². The molecule has 5 nitrogen and oxygen atoms in total. The number of halogens is 4. The first-order chi connectivity index (χ1) is 12.9. The number of carbonyl (C=O) groups is 1. The van der Waals surface area contributed by atoms with Crippen LogP contribution in [0, 0.1) is 0 Å². The summed E-state index contributed by atoms with van der Waals surface area (Å²) in [4.78, 5) is 17.1. The van der Waals surface area contributed by atoms with Gasteiger partial charge in [-0.2, -0.15) is 23.3 Å². The van der Waals surface area contributed by atoms with Crippen LogP contribution in [0.5, 0.6) is 0 Å². The van der Waals surface area contributed by atoms with Crippen molar-refractivity contribution in [3.8, 4) is 0 Å². The van der Waals surface area contributed by atoms with E-state index >= 15 is 0 Å². The maximum absolute atomic E-state index is 13.8. The zero-order valence-corrected chi connectivity index (χ0v) is 14.9. The van der Waals surface area contributed by atoms with Crippen LogP contribution < -0.4 is 5.32 Å². The number of rotatable bonds is 3. The van der Waals surface area contributed by atoms with Gasteiger partial charge in [0.1, 0.15) is 18.1 Å². The van der Waals surface area contributed by atoms with E-state index in [1.54, 1.807) is 35.7 Å². The summed E-state index contributed by atoms with van der Waals surface area (Å²) in [5.74, 6) is -0.809. The Kier molecular flexibility index (Phi) is 4.27. The zero-order chi connectivity index (χ0) is 19.2. The molecular formula is C17H10ClF3N4OS. The number of ketones is 1. The second-order valence-electron chi connectivity index (χ2n) is 5.70. The fourth-order valence-corrected chi connectivity index (χ4v) is 3.73. The molecule has 4 rings (SSSR count). The van der Waals surface area contributed by atoms with Gasteiger partial charge in [0.2, 0.25) is 11.7 Å². The van der Waals surface area contributed by atoms with Gasteiger partial charge in [0.05, 0.1) is 10.5 Å². The summed E-state index contributed by atoms with van der Waals surface area (Å²) < 4.78 is 42.7. The molecule has 1 N–H and O–H groups in total. The molecule has 1 aliphatic rings. The van der Waals surface area contributed by atoms with Crippen molar-refractivity contribution in [2.24, 2.45) is 0 Å². The minimum absolute atomic E-state index is 0.0926. The van der Waals surface area contributed by atoms with Gasteiger partial charge in [0.25, 0.3) is 0 Å². The Balaban J connectivity index is 1.97. The first-order valence-corrected chi connectivity index (χ1v) is 8.93. The van der Waals surface area contributed by atoms with Gasteiger partial charge in [-0.05, 0) is 29.1 Å². The van der Waals surface area contributed by atoms with E-state index in [0.717, 1.165) is 17.7 Å². The molecule has 1 unspecified atom stereocenters. The molecule has 3 heterocycles. The molecule has 0 radical (unpaired) electrons. The normalized spacial score (nSPS) is 16.8. The Morgan fingerprint density at radius 3 is 2.59 bits per heavy atom. The Labute approximate surface area is 160 Å². The first-order valence-electron chi connectivity index (χ1n) is 7.68. The summed E-state index contributed by atoms with van der Waals surface area (Å²) >= 11 is 6.98. The van der Waals surface area contributed by atoms with Crippen LogP contribution in [-0.4, -0.2) is 26.7 Å². The highest BCUT2D eigenvalue weighted by molar-refractivity contribution is 7.12. The van der Waals surface area contributed by atoms with Crippen LogP contribution in [0.25, 0.3) is 0 Å². The molecule has 2 aromatic heterocycles. The molecule has 10 heteroatoms.